The third-order valence-electron chi connectivity index (χ3n) is 1.87. The van der Waals surface area contributed by atoms with Gasteiger partial charge in [0, 0.05) is 13.1 Å². The van der Waals surface area contributed by atoms with Gasteiger partial charge in [-0.15, -0.1) is 0 Å². The number of likely N-dealkylation sites (N-methyl/N-ethyl adjacent to an activating group) is 1. The van der Waals surface area contributed by atoms with Gasteiger partial charge in [-0.25, -0.2) is 4.79 Å². The van der Waals surface area contributed by atoms with Crippen molar-refractivity contribution in [3.8, 4) is 0 Å². The van der Waals surface area contributed by atoms with Crippen LogP contribution in [0.15, 0.2) is 0 Å². The quantitative estimate of drug-likeness (QED) is 0.605. The van der Waals surface area contributed by atoms with Crippen molar-refractivity contribution in [1.82, 2.24) is 4.90 Å². The second-order valence-electron chi connectivity index (χ2n) is 2.59. The van der Waals surface area contributed by atoms with E-state index in [1.807, 2.05) is 6.92 Å². The molecule has 1 N–H and O–H groups in total. The number of carbonyl (C=O) groups is 1. The fourth-order valence-corrected chi connectivity index (χ4v) is 1.14. The maximum atomic E-state index is 10.5. The van der Waals surface area contributed by atoms with Crippen molar-refractivity contribution in [2.75, 3.05) is 26.2 Å². The summed E-state index contributed by atoms with van der Waals surface area (Å²) >= 11 is 0. The lowest BCUT2D eigenvalue weighted by Gasteiger charge is -2.29. The maximum absolute atomic E-state index is 10.5. The maximum Gasteiger partial charge on any atom is 0.334 e. The summed E-state index contributed by atoms with van der Waals surface area (Å²) in [5, 5.41) is 8.60. The molecule has 0 aromatic heterocycles. The van der Waals surface area contributed by atoms with Crippen molar-refractivity contribution < 1.29 is 14.6 Å². The average molecular weight is 159 g/mol. The SMILES string of the molecule is CCN1CCO[C@@H](C(=O)O)C1. The normalized spacial score (nSPS) is 26.8. The molecule has 64 valence electrons. The first-order valence-electron chi connectivity index (χ1n) is 3.80. The van der Waals surface area contributed by atoms with Crippen LogP contribution in [0.1, 0.15) is 6.92 Å². The topological polar surface area (TPSA) is 49.8 Å². The molecule has 0 spiro atoms. The van der Waals surface area contributed by atoms with Crippen molar-refractivity contribution in [3.63, 3.8) is 0 Å². The minimum Gasteiger partial charge on any atom is -0.479 e. The summed E-state index contributed by atoms with van der Waals surface area (Å²) in [5.74, 6) is -0.858. The molecule has 1 heterocycles. The zero-order valence-electron chi connectivity index (χ0n) is 6.62. The molecular weight excluding hydrogens is 146 g/mol. The number of hydrogen-bond acceptors (Lipinski definition) is 3. The Labute approximate surface area is 65.8 Å². The molecule has 0 unspecified atom stereocenters. The van der Waals surface area contributed by atoms with Crippen LogP contribution in [0, 0.1) is 0 Å². The molecule has 0 aliphatic carbocycles. The Morgan fingerprint density at radius 1 is 1.82 bits per heavy atom. The molecule has 1 aliphatic rings. The third kappa shape index (κ3) is 2.17. The van der Waals surface area contributed by atoms with Crippen LogP contribution in [0.2, 0.25) is 0 Å². The Morgan fingerprint density at radius 3 is 3.09 bits per heavy atom. The number of hydrogen-bond donors (Lipinski definition) is 1. The molecule has 0 radical (unpaired) electrons. The summed E-state index contributed by atoms with van der Waals surface area (Å²) in [7, 11) is 0. The number of rotatable bonds is 2. The van der Waals surface area contributed by atoms with E-state index in [0.29, 0.717) is 13.2 Å². The van der Waals surface area contributed by atoms with E-state index in [2.05, 4.69) is 4.90 Å². The first-order valence-corrected chi connectivity index (χ1v) is 3.80. The highest BCUT2D eigenvalue weighted by atomic mass is 16.5. The van der Waals surface area contributed by atoms with Crippen LogP contribution >= 0.6 is 0 Å². The average Bonchev–Trinajstić information content (AvgIpc) is 2.05. The van der Waals surface area contributed by atoms with Crippen LogP contribution < -0.4 is 0 Å². The smallest absolute Gasteiger partial charge is 0.334 e. The molecule has 4 nitrogen and oxygen atoms in total. The summed E-state index contributed by atoms with van der Waals surface area (Å²) in [4.78, 5) is 12.5. The number of ether oxygens (including phenoxy) is 1. The lowest BCUT2D eigenvalue weighted by atomic mass is 10.3. The molecule has 1 saturated heterocycles. The predicted octanol–water partition coefficient (Wildman–Crippen LogP) is -0.208. The second-order valence-corrected chi connectivity index (χ2v) is 2.59. The fraction of sp³-hybridized carbons (Fsp3) is 0.857. The van der Waals surface area contributed by atoms with Gasteiger partial charge < -0.3 is 9.84 Å². The lowest BCUT2D eigenvalue weighted by Crippen LogP contribution is -2.45. The van der Waals surface area contributed by atoms with E-state index in [-0.39, 0.29) is 0 Å². The Hall–Kier alpha value is -0.610. The minimum absolute atomic E-state index is 0.520. The Balaban J connectivity index is 2.39. The summed E-state index contributed by atoms with van der Waals surface area (Å²) in [6, 6.07) is 0. The molecule has 0 amide bonds. The second kappa shape index (κ2) is 3.69. The van der Waals surface area contributed by atoms with E-state index in [9.17, 15) is 4.79 Å². The predicted molar refractivity (Wildman–Crippen MR) is 39.5 cm³/mol. The van der Waals surface area contributed by atoms with Crippen LogP contribution in [0.4, 0.5) is 0 Å². The molecule has 0 aromatic carbocycles. The van der Waals surface area contributed by atoms with Crippen molar-refractivity contribution in [2.45, 2.75) is 13.0 Å². The largest absolute Gasteiger partial charge is 0.479 e. The number of carboxylic acids is 1. The van der Waals surface area contributed by atoms with Crippen LogP contribution in [0.3, 0.4) is 0 Å². The van der Waals surface area contributed by atoms with E-state index in [0.717, 1.165) is 13.1 Å². The first kappa shape index (κ1) is 8.49. The summed E-state index contributed by atoms with van der Waals surface area (Å²) < 4.78 is 5.03. The van der Waals surface area contributed by atoms with Crippen LogP contribution in [0.5, 0.6) is 0 Å². The molecule has 1 fully saturated rings. The highest BCUT2D eigenvalue weighted by molar-refractivity contribution is 5.72. The number of morpholine rings is 1. The lowest BCUT2D eigenvalue weighted by molar-refractivity contribution is -0.155. The van der Waals surface area contributed by atoms with Crippen LogP contribution in [-0.4, -0.2) is 48.3 Å². The van der Waals surface area contributed by atoms with E-state index in [1.54, 1.807) is 0 Å². The van der Waals surface area contributed by atoms with E-state index >= 15 is 0 Å². The van der Waals surface area contributed by atoms with Gasteiger partial charge in [0.2, 0.25) is 0 Å². The molecule has 0 saturated carbocycles. The zero-order chi connectivity index (χ0) is 8.27. The van der Waals surface area contributed by atoms with Gasteiger partial charge in [0.25, 0.3) is 0 Å². The zero-order valence-corrected chi connectivity index (χ0v) is 6.62. The van der Waals surface area contributed by atoms with Crippen molar-refractivity contribution in [1.29, 1.82) is 0 Å². The van der Waals surface area contributed by atoms with Crippen molar-refractivity contribution >= 4 is 5.97 Å². The standard InChI is InChI=1S/C7H13NO3/c1-2-8-3-4-11-6(5-8)7(9)10/h6H,2-5H2,1H3,(H,9,10)/t6-/m1/s1. The first-order chi connectivity index (χ1) is 5.24. The Morgan fingerprint density at radius 2 is 2.55 bits per heavy atom. The molecular formula is C7H13NO3. The van der Waals surface area contributed by atoms with Gasteiger partial charge in [0.1, 0.15) is 0 Å². The highest BCUT2D eigenvalue weighted by Crippen LogP contribution is 2.03. The van der Waals surface area contributed by atoms with Gasteiger partial charge in [-0.1, -0.05) is 6.92 Å². The van der Waals surface area contributed by atoms with Crippen LogP contribution in [0.25, 0.3) is 0 Å². The van der Waals surface area contributed by atoms with E-state index in [1.165, 1.54) is 0 Å². The van der Waals surface area contributed by atoms with Crippen LogP contribution in [-0.2, 0) is 9.53 Å². The molecule has 0 aromatic rings. The van der Waals surface area contributed by atoms with Crippen molar-refractivity contribution in [3.05, 3.63) is 0 Å². The van der Waals surface area contributed by atoms with Gasteiger partial charge in [0.05, 0.1) is 6.61 Å². The van der Waals surface area contributed by atoms with E-state index in [4.69, 9.17) is 9.84 Å². The van der Waals surface area contributed by atoms with E-state index < -0.39 is 12.1 Å². The Bertz CT molecular complexity index is 149. The van der Waals surface area contributed by atoms with Gasteiger partial charge in [0.15, 0.2) is 6.10 Å². The molecule has 0 bridgehead atoms. The third-order valence-corrected chi connectivity index (χ3v) is 1.87. The molecule has 11 heavy (non-hydrogen) atoms. The van der Waals surface area contributed by atoms with Gasteiger partial charge in [-0.05, 0) is 6.54 Å². The van der Waals surface area contributed by atoms with Crippen molar-refractivity contribution in [2.24, 2.45) is 0 Å². The molecule has 1 atom stereocenters. The van der Waals surface area contributed by atoms with Gasteiger partial charge in [-0.2, -0.15) is 0 Å². The van der Waals surface area contributed by atoms with Gasteiger partial charge in [-0.3, -0.25) is 4.90 Å². The molecule has 4 heteroatoms. The summed E-state index contributed by atoms with van der Waals surface area (Å²) in [5.41, 5.74) is 0. The monoisotopic (exact) mass is 159 g/mol. The highest BCUT2D eigenvalue weighted by Gasteiger charge is 2.24. The number of aliphatic carboxylic acids is 1. The van der Waals surface area contributed by atoms with Gasteiger partial charge >= 0.3 is 5.97 Å². The fourth-order valence-electron chi connectivity index (χ4n) is 1.14. The minimum atomic E-state index is -0.858. The number of nitrogens with zero attached hydrogens (tertiary/aromatic N) is 1. The number of carboxylic acid groups (broad SMARTS) is 1. The molecule has 1 aliphatic heterocycles. The summed E-state index contributed by atoms with van der Waals surface area (Å²) in [6.45, 7) is 4.81. The Kier molecular flexibility index (Phi) is 2.84. The summed E-state index contributed by atoms with van der Waals surface area (Å²) in [6.07, 6.45) is -0.622. The molecule has 1 rings (SSSR count).